The van der Waals surface area contributed by atoms with Gasteiger partial charge < -0.3 is 15.7 Å². The maximum absolute atomic E-state index is 12.6. The molecule has 1 fully saturated rings. The average Bonchev–Trinajstić information content (AvgIpc) is 2.49. The summed E-state index contributed by atoms with van der Waals surface area (Å²) in [5.41, 5.74) is 1.38. The molecule has 1 amide bonds. The molecule has 0 aromatic heterocycles. The van der Waals surface area contributed by atoms with Gasteiger partial charge >= 0.3 is 0 Å². The highest BCUT2D eigenvalue weighted by molar-refractivity contribution is 5.95. The number of aliphatic hydroxyl groups is 1. The van der Waals surface area contributed by atoms with Crippen LogP contribution in [0.5, 0.6) is 0 Å². The van der Waals surface area contributed by atoms with E-state index in [-0.39, 0.29) is 17.9 Å². The summed E-state index contributed by atoms with van der Waals surface area (Å²) < 4.78 is 0. The van der Waals surface area contributed by atoms with Gasteiger partial charge in [-0.15, -0.1) is 0 Å². The molecular weight excluding hydrogens is 252 g/mol. The molecular formula is C16H24N2O2. The van der Waals surface area contributed by atoms with Crippen molar-refractivity contribution in [3.05, 3.63) is 29.8 Å². The van der Waals surface area contributed by atoms with Crippen molar-refractivity contribution in [2.24, 2.45) is 5.41 Å². The van der Waals surface area contributed by atoms with E-state index >= 15 is 0 Å². The van der Waals surface area contributed by atoms with Crippen molar-refractivity contribution in [1.29, 1.82) is 0 Å². The molecule has 2 rings (SSSR count). The summed E-state index contributed by atoms with van der Waals surface area (Å²) in [5.74, 6) is 0.114. The summed E-state index contributed by atoms with van der Waals surface area (Å²) in [6.45, 7) is 3.92. The number of rotatable bonds is 5. The van der Waals surface area contributed by atoms with E-state index in [1.807, 2.05) is 24.3 Å². The number of piperidine rings is 1. The number of amides is 1. The zero-order chi connectivity index (χ0) is 14.4. The fourth-order valence-corrected chi connectivity index (χ4v) is 2.92. The van der Waals surface area contributed by atoms with Crippen LogP contribution in [0.4, 0.5) is 5.69 Å². The van der Waals surface area contributed by atoms with Crippen LogP contribution in [-0.2, 0) is 11.4 Å². The Balaban J connectivity index is 2.07. The van der Waals surface area contributed by atoms with Crippen molar-refractivity contribution < 1.29 is 9.90 Å². The van der Waals surface area contributed by atoms with Gasteiger partial charge in [-0.1, -0.05) is 25.5 Å². The lowest BCUT2D eigenvalue weighted by Gasteiger charge is -2.36. The van der Waals surface area contributed by atoms with E-state index in [9.17, 15) is 4.79 Å². The molecule has 1 aromatic carbocycles. The second-order valence-corrected chi connectivity index (χ2v) is 5.62. The lowest BCUT2D eigenvalue weighted by Crippen LogP contribution is -2.48. The molecule has 1 aliphatic rings. The van der Waals surface area contributed by atoms with Crippen LogP contribution in [0.1, 0.15) is 38.2 Å². The molecule has 110 valence electrons. The molecule has 4 heteroatoms. The minimum Gasteiger partial charge on any atom is -0.392 e. The first kappa shape index (κ1) is 15.0. The van der Waals surface area contributed by atoms with Crippen molar-refractivity contribution >= 4 is 11.6 Å². The van der Waals surface area contributed by atoms with Crippen molar-refractivity contribution in [1.82, 2.24) is 5.32 Å². The Hall–Kier alpha value is -1.39. The lowest BCUT2D eigenvalue weighted by molar-refractivity contribution is -0.127. The Morgan fingerprint density at radius 3 is 2.70 bits per heavy atom. The van der Waals surface area contributed by atoms with Gasteiger partial charge in [-0.3, -0.25) is 4.79 Å². The first-order valence-corrected chi connectivity index (χ1v) is 7.42. The fourth-order valence-electron chi connectivity index (χ4n) is 2.92. The summed E-state index contributed by atoms with van der Waals surface area (Å²) in [5, 5.41) is 15.4. The molecule has 3 N–H and O–H groups in total. The fraction of sp³-hybridized carbons (Fsp3) is 0.562. The molecule has 4 nitrogen and oxygen atoms in total. The maximum Gasteiger partial charge on any atom is 0.231 e. The first-order chi connectivity index (χ1) is 9.70. The highest BCUT2D eigenvalue weighted by Crippen LogP contribution is 2.33. The monoisotopic (exact) mass is 276 g/mol. The van der Waals surface area contributed by atoms with E-state index in [0.29, 0.717) is 0 Å². The van der Waals surface area contributed by atoms with Crippen LogP contribution in [0.2, 0.25) is 0 Å². The summed E-state index contributed by atoms with van der Waals surface area (Å²) in [6.07, 6.45) is 3.93. The molecule has 0 bridgehead atoms. The molecule has 1 atom stereocenters. The van der Waals surface area contributed by atoms with Gasteiger partial charge in [0.15, 0.2) is 0 Å². The summed E-state index contributed by atoms with van der Waals surface area (Å²) in [6, 6.07) is 7.36. The quantitative estimate of drug-likeness (QED) is 0.773. The molecule has 0 saturated carbocycles. The standard InChI is InChI=1S/C16H24N2O2/c1-2-8-16(9-3-10-17-12-16)15(20)18-14-6-4-13(11-19)5-7-14/h4-7,17,19H,2-3,8-12H2,1H3,(H,18,20). The smallest absolute Gasteiger partial charge is 0.231 e. The SMILES string of the molecule is CCCC1(C(=O)Nc2ccc(CO)cc2)CCCNC1. The number of carbonyl (C=O) groups is 1. The molecule has 1 aliphatic heterocycles. The number of hydrogen-bond donors (Lipinski definition) is 3. The van der Waals surface area contributed by atoms with Crippen LogP contribution in [0.25, 0.3) is 0 Å². The second kappa shape index (κ2) is 6.86. The van der Waals surface area contributed by atoms with E-state index in [0.717, 1.165) is 50.0 Å². The third-order valence-corrected chi connectivity index (χ3v) is 4.08. The highest BCUT2D eigenvalue weighted by atomic mass is 16.3. The normalized spacial score (nSPS) is 22.5. The molecule has 0 aliphatic carbocycles. The Morgan fingerprint density at radius 2 is 2.15 bits per heavy atom. The Morgan fingerprint density at radius 1 is 1.40 bits per heavy atom. The number of anilines is 1. The summed E-state index contributed by atoms with van der Waals surface area (Å²) in [7, 11) is 0. The molecule has 0 radical (unpaired) electrons. The molecule has 1 heterocycles. The lowest BCUT2D eigenvalue weighted by atomic mass is 9.76. The summed E-state index contributed by atoms with van der Waals surface area (Å²) in [4.78, 5) is 12.6. The van der Waals surface area contributed by atoms with Gasteiger partial charge in [0, 0.05) is 12.2 Å². The molecule has 1 unspecified atom stereocenters. The topological polar surface area (TPSA) is 61.4 Å². The van der Waals surface area contributed by atoms with Crippen LogP contribution in [0, 0.1) is 5.41 Å². The van der Waals surface area contributed by atoms with Gasteiger partial charge in [-0.2, -0.15) is 0 Å². The van der Waals surface area contributed by atoms with Gasteiger partial charge in [0.2, 0.25) is 5.91 Å². The predicted molar refractivity (Wildman–Crippen MR) is 80.4 cm³/mol. The third kappa shape index (κ3) is 3.38. The third-order valence-electron chi connectivity index (χ3n) is 4.08. The van der Waals surface area contributed by atoms with Crippen LogP contribution >= 0.6 is 0 Å². The van der Waals surface area contributed by atoms with E-state index in [1.165, 1.54) is 0 Å². The minimum absolute atomic E-state index is 0.0257. The van der Waals surface area contributed by atoms with Gasteiger partial charge in [-0.25, -0.2) is 0 Å². The van der Waals surface area contributed by atoms with Crippen molar-refractivity contribution in [2.45, 2.75) is 39.2 Å². The van der Waals surface area contributed by atoms with Gasteiger partial charge in [0.05, 0.1) is 12.0 Å². The molecule has 20 heavy (non-hydrogen) atoms. The van der Waals surface area contributed by atoms with Crippen molar-refractivity contribution in [3.63, 3.8) is 0 Å². The second-order valence-electron chi connectivity index (χ2n) is 5.62. The van der Waals surface area contributed by atoms with Crippen LogP contribution in [0.15, 0.2) is 24.3 Å². The van der Waals surface area contributed by atoms with Crippen molar-refractivity contribution in [2.75, 3.05) is 18.4 Å². The van der Waals surface area contributed by atoms with Crippen LogP contribution < -0.4 is 10.6 Å². The van der Waals surface area contributed by atoms with Crippen LogP contribution in [0.3, 0.4) is 0 Å². The number of nitrogens with one attached hydrogen (secondary N) is 2. The number of aliphatic hydroxyl groups excluding tert-OH is 1. The van der Waals surface area contributed by atoms with E-state index in [1.54, 1.807) is 0 Å². The Kier molecular flexibility index (Phi) is 5.15. The van der Waals surface area contributed by atoms with Crippen LogP contribution in [-0.4, -0.2) is 24.1 Å². The van der Waals surface area contributed by atoms with E-state index in [4.69, 9.17) is 5.11 Å². The number of benzene rings is 1. The molecule has 0 spiro atoms. The van der Waals surface area contributed by atoms with Gasteiger partial charge in [-0.05, 0) is 43.5 Å². The van der Waals surface area contributed by atoms with E-state index in [2.05, 4.69) is 17.6 Å². The minimum atomic E-state index is -0.275. The highest BCUT2D eigenvalue weighted by Gasteiger charge is 2.38. The molecule has 1 aromatic rings. The summed E-state index contributed by atoms with van der Waals surface area (Å²) >= 11 is 0. The zero-order valence-electron chi connectivity index (χ0n) is 12.1. The Bertz CT molecular complexity index is 431. The number of carbonyl (C=O) groups excluding carboxylic acids is 1. The molecule has 1 saturated heterocycles. The maximum atomic E-state index is 12.6. The average molecular weight is 276 g/mol. The zero-order valence-corrected chi connectivity index (χ0v) is 12.1. The predicted octanol–water partition coefficient (Wildman–Crippen LogP) is 2.29. The van der Waals surface area contributed by atoms with Gasteiger partial charge in [0.25, 0.3) is 0 Å². The first-order valence-electron chi connectivity index (χ1n) is 7.42. The Labute approximate surface area is 120 Å². The van der Waals surface area contributed by atoms with Gasteiger partial charge in [0.1, 0.15) is 0 Å². The van der Waals surface area contributed by atoms with Crippen molar-refractivity contribution in [3.8, 4) is 0 Å². The van der Waals surface area contributed by atoms with E-state index < -0.39 is 0 Å². The largest absolute Gasteiger partial charge is 0.392 e. The number of hydrogen-bond acceptors (Lipinski definition) is 3.